The van der Waals surface area contributed by atoms with Gasteiger partial charge in [0.2, 0.25) is 5.78 Å². The third-order valence-electron chi connectivity index (χ3n) is 16.2. The van der Waals surface area contributed by atoms with Crippen LogP contribution in [-0.4, -0.2) is 22.6 Å². The summed E-state index contributed by atoms with van der Waals surface area (Å²) in [6.07, 6.45) is 46.3. The second-order valence-corrected chi connectivity index (χ2v) is 21.5. The molecule has 0 N–H and O–H groups in total. The van der Waals surface area contributed by atoms with Crippen LogP contribution in [-0.2, 0) is 22.4 Å². The van der Waals surface area contributed by atoms with Crippen molar-refractivity contribution < 1.29 is 19.0 Å². The molecule has 1 aromatic carbocycles. The highest BCUT2D eigenvalue weighted by Gasteiger charge is 2.55. The van der Waals surface area contributed by atoms with Crippen LogP contribution >= 0.6 is 0 Å². The average Bonchev–Trinajstić information content (AvgIpc) is 3.27. The standard InChI is InChI=1S/C58H96O4/c1-9-11-13-15-17-19-21-23-25-27-29-31-33-35-40-56(7)42-37-49-50-38-44-58(62-53(50)46(4)45(3)52(49)60-56)51-39-43-57(8,61-54(51)47(5)48(6)55(58)59)41-36-34-32-30-28-26-24-22-20-18-16-14-12-10-2/h9-44H2,1-8H3/t56?,57?,58-/m0/s1. The van der Waals surface area contributed by atoms with Crippen LogP contribution in [0.4, 0.5) is 0 Å². The molecule has 0 saturated heterocycles. The molecule has 0 amide bonds. The number of allylic oxidation sites excluding steroid dienone is 1. The number of carbonyl (C=O) groups excluding carboxylic acids is 1. The van der Waals surface area contributed by atoms with Gasteiger partial charge in [0.25, 0.3) is 0 Å². The Bertz CT molecular complexity index is 1620. The molecule has 2 unspecified atom stereocenters. The number of benzene rings is 1. The molecule has 4 aliphatic rings. The molecule has 0 radical (unpaired) electrons. The Morgan fingerprint density at radius 2 is 0.774 bits per heavy atom. The Morgan fingerprint density at radius 3 is 1.21 bits per heavy atom. The van der Waals surface area contributed by atoms with E-state index >= 15 is 0 Å². The molecule has 1 spiro atoms. The monoisotopic (exact) mass is 857 g/mol. The normalized spacial score (nSPS) is 23.3. The number of ketones is 1. The van der Waals surface area contributed by atoms with E-state index in [1.54, 1.807) is 0 Å². The second-order valence-electron chi connectivity index (χ2n) is 21.5. The lowest BCUT2D eigenvalue weighted by atomic mass is 9.69. The van der Waals surface area contributed by atoms with Gasteiger partial charge in [-0.25, -0.2) is 0 Å². The lowest BCUT2D eigenvalue weighted by Gasteiger charge is -2.49. The van der Waals surface area contributed by atoms with E-state index in [0.717, 1.165) is 84.5 Å². The molecular formula is C58H96O4. The van der Waals surface area contributed by atoms with Crippen molar-refractivity contribution in [1.82, 2.24) is 0 Å². The molecule has 1 aromatic rings. The SMILES string of the molecule is CCCCCCCCCCCCCCCCC1(C)CCC2=C(O1)C(C)=C(C)C(=O)[C@]21CCc2c3c(c(C)c(C)c2O1)OC(C)(CCCCCCCCCCCCCCCC)CC3. The van der Waals surface area contributed by atoms with Crippen LogP contribution in [0.1, 0.15) is 282 Å². The van der Waals surface area contributed by atoms with E-state index in [4.69, 9.17) is 14.2 Å². The molecule has 5 rings (SSSR count). The molecule has 0 bridgehead atoms. The molecule has 4 nitrogen and oxygen atoms in total. The minimum atomic E-state index is -0.967. The van der Waals surface area contributed by atoms with Gasteiger partial charge in [-0.3, -0.25) is 4.79 Å². The zero-order chi connectivity index (χ0) is 44.4. The van der Waals surface area contributed by atoms with Crippen molar-refractivity contribution in [3.05, 3.63) is 44.7 Å². The number of ether oxygens (including phenoxy) is 3. The summed E-state index contributed by atoms with van der Waals surface area (Å²) in [5.74, 6) is 3.14. The summed E-state index contributed by atoms with van der Waals surface area (Å²) in [6.45, 7) is 17.8. The lowest BCUT2D eigenvalue weighted by molar-refractivity contribution is -0.131. The number of hydrogen-bond donors (Lipinski definition) is 0. The van der Waals surface area contributed by atoms with Gasteiger partial charge < -0.3 is 14.2 Å². The molecule has 1 aliphatic carbocycles. The zero-order valence-corrected chi connectivity index (χ0v) is 42.1. The zero-order valence-electron chi connectivity index (χ0n) is 42.1. The maximum absolute atomic E-state index is 14.5. The van der Waals surface area contributed by atoms with Gasteiger partial charge in [-0.05, 0) is 116 Å². The van der Waals surface area contributed by atoms with Gasteiger partial charge in [-0.15, -0.1) is 0 Å². The lowest BCUT2D eigenvalue weighted by Crippen LogP contribution is -2.54. The summed E-state index contributed by atoms with van der Waals surface area (Å²) in [5, 5.41) is 0. The summed E-state index contributed by atoms with van der Waals surface area (Å²) in [4.78, 5) is 14.5. The first-order valence-corrected chi connectivity index (χ1v) is 27.2. The minimum Gasteiger partial charge on any atom is -0.487 e. The smallest absolute Gasteiger partial charge is 0.206 e. The number of fused-ring (bicyclic) bond motifs is 4. The number of hydrogen-bond acceptors (Lipinski definition) is 4. The molecule has 352 valence electrons. The van der Waals surface area contributed by atoms with E-state index in [2.05, 4.69) is 48.5 Å². The predicted molar refractivity (Wildman–Crippen MR) is 264 cm³/mol. The summed E-state index contributed by atoms with van der Waals surface area (Å²) in [7, 11) is 0. The minimum absolute atomic E-state index is 0.121. The highest BCUT2D eigenvalue weighted by molar-refractivity contribution is 6.07. The fraction of sp³-hybridized carbons (Fsp3) is 0.810. The van der Waals surface area contributed by atoms with E-state index in [1.165, 1.54) is 196 Å². The van der Waals surface area contributed by atoms with Gasteiger partial charge in [-0.1, -0.05) is 181 Å². The summed E-state index contributed by atoms with van der Waals surface area (Å²) >= 11 is 0. The van der Waals surface area contributed by atoms with Gasteiger partial charge in [0, 0.05) is 28.7 Å². The summed E-state index contributed by atoms with van der Waals surface area (Å²) < 4.78 is 21.3. The summed E-state index contributed by atoms with van der Waals surface area (Å²) in [5.41, 5.74) is 6.57. The highest BCUT2D eigenvalue weighted by atomic mass is 16.5. The van der Waals surface area contributed by atoms with E-state index < -0.39 is 5.60 Å². The van der Waals surface area contributed by atoms with Gasteiger partial charge in [0.1, 0.15) is 28.5 Å². The second kappa shape index (κ2) is 25.5. The maximum Gasteiger partial charge on any atom is 0.206 e. The Labute approximate surface area is 383 Å². The van der Waals surface area contributed by atoms with Gasteiger partial charge in [-0.2, -0.15) is 0 Å². The topological polar surface area (TPSA) is 44.8 Å². The van der Waals surface area contributed by atoms with Crippen LogP contribution in [0.3, 0.4) is 0 Å². The number of Topliss-reactive ketones (excluding diaryl/α,β-unsaturated/α-hetero) is 1. The number of rotatable bonds is 30. The van der Waals surface area contributed by atoms with Gasteiger partial charge in [0.15, 0.2) is 5.60 Å². The molecule has 3 aliphatic heterocycles. The molecule has 4 heteroatoms. The van der Waals surface area contributed by atoms with Crippen molar-refractivity contribution in [3.8, 4) is 11.5 Å². The molecule has 0 fully saturated rings. The quantitative estimate of drug-likeness (QED) is 0.0723. The van der Waals surface area contributed by atoms with Crippen molar-refractivity contribution in [1.29, 1.82) is 0 Å². The van der Waals surface area contributed by atoms with Crippen LogP contribution in [0.25, 0.3) is 0 Å². The third kappa shape index (κ3) is 13.7. The Kier molecular flexibility index (Phi) is 20.8. The summed E-state index contributed by atoms with van der Waals surface area (Å²) in [6, 6.07) is 0. The number of carbonyl (C=O) groups is 1. The van der Waals surface area contributed by atoms with Crippen LogP contribution < -0.4 is 9.47 Å². The van der Waals surface area contributed by atoms with Gasteiger partial charge >= 0.3 is 0 Å². The van der Waals surface area contributed by atoms with Crippen molar-refractivity contribution in [2.75, 3.05) is 0 Å². The largest absolute Gasteiger partial charge is 0.487 e. The van der Waals surface area contributed by atoms with Crippen LogP contribution in [0.15, 0.2) is 22.5 Å². The van der Waals surface area contributed by atoms with E-state index in [9.17, 15) is 4.79 Å². The van der Waals surface area contributed by atoms with E-state index in [-0.39, 0.29) is 17.0 Å². The Balaban J connectivity index is 1.09. The molecule has 62 heavy (non-hydrogen) atoms. The predicted octanol–water partition coefficient (Wildman–Crippen LogP) is 17.9. The average molecular weight is 857 g/mol. The van der Waals surface area contributed by atoms with Crippen molar-refractivity contribution in [3.63, 3.8) is 0 Å². The fourth-order valence-electron chi connectivity index (χ4n) is 11.5. The van der Waals surface area contributed by atoms with Crippen molar-refractivity contribution in [2.24, 2.45) is 0 Å². The Hall–Kier alpha value is -2.23. The maximum atomic E-state index is 14.5. The molecule has 0 saturated carbocycles. The first kappa shape index (κ1) is 50.8. The molecule has 3 heterocycles. The van der Waals surface area contributed by atoms with Crippen LogP contribution in [0.2, 0.25) is 0 Å². The van der Waals surface area contributed by atoms with Gasteiger partial charge in [0.05, 0.1) is 0 Å². The number of unbranched alkanes of at least 4 members (excludes halogenated alkanes) is 26. The molecule has 0 aromatic heterocycles. The van der Waals surface area contributed by atoms with E-state index in [0.29, 0.717) is 6.42 Å². The molecular weight excluding hydrogens is 761 g/mol. The van der Waals surface area contributed by atoms with Crippen LogP contribution in [0.5, 0.6) is 11.5 Å². The highest BCUT2D eigenvalue weighted by Crippen LogP contribution is 2.54. The van der Waals surface area contributed by atoms with Crippen molar-refractivity contribution in [2.45, 2.75) is 303 Å². The van der Waals surface area contributed by atoms with E-state index in [1.807, 2.05) is 6.92 Å². The fourth-order valence-corrected chi connectivity index (χ4v) is 11.5. The van der Waals surface area contributed by atoms with Crippen LogP contribution in [0, 0.1) is 13.8 Å². The van der Waals surface area contributed by atoms with Crippen molar-refractivity contribution >= 4 is 5.78 Å². The Morgan fingerprint density at radius 1 is 0.419 bits per heavy atom. The first-order chi connectivity index (χ1) is 30.0. The first-order valence-electron chi connectivity index (χ1n) is 27.2. The third-order valence-corrected chi connectivity index (χ3v) is 16.2. The molecule has 3 atom stereocenters.